The van der Waals surface area contributed by atoms with E-state index in [1.54, 1.807) is 0 Å². The van der Waals surface area contributed by atoms with Gasteiger partial charge in [-0.2, -0.15) is 5.26 Å². The minimum Gasteiger partial charge on any atom is -0.301 e. The van der Waals surface area contributed by atoms with Crippen molar-refractivity contribution in [2.24, 2.45) is 0 Å². The summed E-state index contributed by atoms with van der Waals surface area (Å²) in [4.78, 5) is 2.58. The van der Waals surface area contributed by atoms with Crippen LogP contribution < -0.4 is 5.32 Å². The van der Waals surface area contributed by atoms with Crippen molar-refractivity contribution in [3.63, 3.8) is 0 Å². The lowest BCUT2D eigenvalue weighted by atomic mass is 9.93. The molecule has 2 atom stereocenters. The van der Waals surface area contributed by atoms with Crippen molar-refractivity contribution in [3.05, 3.63) is 0 Å². The molecule has 19 heavy (non-hydrogen) atoms. The topological polar surface area (TPSA) is 39.1 Å². The molecule has 1 heterocycles. The first kappa shape index (κ1) is 16.5. The van der Waals surface area contributed by atoms with Crippen molar-refractivity contribution in [3.8, 4) is 6.07 Å². The van der Waals surface area contributed by atoms with Gasteiger partial charge in [-0.3, -0.25) is 5.32 Å². The van der Waals surface area contributed by atoms with E-state index in [0.29, 0.717) is 12.1 Å². The minimum atomic E-state index is -0.407. The summed E-state index contributed by atoms with van der Waals surface area (Å²) in [6, 6.07) is 3.30. The fourth-order valence-corrected chi connectivity index (χ4v) is 3.21. The molecule has 1 aliphatic rings. The SMILES string of the molecule is CC(C)NC(C)(C#N)CC(C)N1CCCCCCC1. The molecule has 1 rings (SSSR count). The van der Waals surface area contributed by atoms with Crippen LogP contribution in [-0.4, -0.2) is 35.6 Å². The highest BCUT2D eigenvalue weighted by Crippen LogP contribution is 2.19. The van der Waals surface area contributed by atoms with Crippen molar-refractivity contribution >= 4 is 0 Å². The summed E-state index contributed by atoms with van der Waals surface area (Å²) in [6.45, 7) is 10.9. The average Bonchev–Trinajstić information content (AvgIpc) is 2.26. The lowest BCUT2D eigenvalue weighted by molar-refractivity contribution is 0.160. The van der Waals surface area contributed by atoms with Gasteiger partial charge in [0.2, 0.25) is 0 Å². The second-order valence-electron chi connectivity index (χ2n) is 6.60. The van der Waals surface area contributed by atoms with Crippen LogP contribution in [0.1, 0.15) is 66.2 Å². The molecule has 0 aromatic heterocycles. The van der Waals surface area contributed by atoms with Crippen molar-refractivity contribution in [1.82, 2.24) is 10.2 Å². The van der Waals surface area contributed by atoms with Crippen molar-refractivity contribution in [1.29, 1.82) is 5.26 Å². The Morgan fingerprint density at radius 2 is 1.63 bits per heavy atom. The average molecular weight is 265 g/mol. The molecule has 0 radical (unpaired) electrons. The molecule has 0 aromatic rings. The van der Waals surface area contributed by atoms with Gasteiger partial charge in [0.25, 0.3) is 0 Å². The number of hydrogen-bond donors (Lipinski definition) is 1. The van der Waals surface area contributed by atoms with Crippen LogP contribution in [0.25, 0.3) is 0 Å². The van der Waals surface area contributed by atoms with E-state index < -0.39 is 5.54 Å². The van der Waals surface area contributed by atoms with E-state index in [0.717, 1.165) is 6.42 Å². The zero-order chi connectivity index (χ0) is 14.3. The van der Waals surface area contributed by atoms with E-state index in [2.05, 4.69) is 37.1 Å². The molecule has 1 fully saturated rings. The molecule has 0 saturated carbocycles. The molecular formula is C16H31N3. The fourth-order valence-electron chi connectivity index (χ4n) is 3.21. The zero-order valence-electron chi connectivity index (χ0n) is 13.2. The molecule has 3 heteroatoms. The first-order valence-electron chi connectivity index (χ1n) is 7.90. The van der Waals surface area contributed by atoms with Crippen LogP contribution in [0.5, 0.6) is 0 Å². The predicted octanol–water partition coefficient (Wildman–Crippen LogP) is 3.31. The van der Waals surface area contributed by atoms with E-state index in [9.17, 15) is 5.26 Å². The Morgan fingerprint density at radius 1 is 1.11 bits per heavy atom. The summed E-state index contributed by atoms with van der Waals surface area (Å²) >= 11 is 0. The van der Waals surface area contributed by atoms with Crippen LogP contribution in [0.15, 0.2) is 0 Å². The van der Waals surface area contributed by atoms with Gasteiger partial charge >= 0.3 is 0 Å². The maximum atomic E-state index is 9.45. The molecule has 0 aliphatic carbocycles. The molecule has 110 valence electrons. The number of nitrogens with one attached hydrogen (secondary N) is 1. The number of likely N-dealkylation sites (tertiary alicyclic amines) is 1. The lowest BCUT2D eigenvalue weighted by Crippen LogP contribution is -2.50. The van der Waals surface area contributed by atoms with Crippen LogP contribution in [0, 0.1) is 11.3 Å². The van der Waals surface area contributed by atoms with Gasteiger partial charge in [0.1, 0.15) is 5.54 Å². The van der Waals surface area contributed by atoms with Crippen molar-refractivity contribution in [2.45, 2.75) is 83.8 Å². The Morgan fingerprint density at radius 3 is 2.11 bits per heavy atom. The minimum absolute atomic E-state index is 0.351. The van der Waals surface area contributed by atoms with Gasteiger partial charge in [-0.05, 0) is 60.0 Å². The third-order valence-corrected chi connectivity index (χ3v) is 4.07. The molecule has 0 amide bonds. The smallest absolute Gasteiger partial charge is 0.105 e. The predicted molar refractivity (Wildman–Crippen MR) is 81.0 cm³/mol. The lowest BCUT2D eigenvalue weighted by Gasteiger charge is -2.36. The third kappa shape index (κ3) is 5.93. The van der Waals surface area contributed by atoms with Crippen molar-refractivity contribution in [2.75, 3.05) is 13.1 Å². The molecule has 1 saturated heterocycles. The second kappa shape index (κ2) is 7.87. The highest BCUT2D eigenvalue weighted by Gasteiger charge is 2.29. The van der Waals surface area contributed by atoms with Gasteiger partial charge in [-0.25, -0.2) is 0 Å². The summed E-state index contributed by atoms with van der Waals surface area (Å²) in [5.41, 5.74) is -0.407. The Balaban J connectivity index is 2.55. The third-order valence-electron chi connectivity index (χ3n) is 4.07. The van der Waals surface area contributed by atoms with Crippen LogP contribution >= 0.6 is 0 Å². The second-order valence-corrected chi connectivity index (χ2v) is 6.60. The van der Waals surface area contributed by atoms with E-state index >= 15 is 0 Å². The maximum absolute atomic E-state index is 9.45. The zero-order valence-corrected chi connectivity index (χ0v) is 13.2. The Labute approximate surface area is 119 Å². The van der Waals surface area contributed by atoms with E-state index in [4.69, 9.17) is 0 Å². The van der Waals surface area contributed by atoms with Gasteiger partial charge in [0.15, 0.2) is 0 Å². The Hall–Kier alpha value is -0.590. The van der Waals surface area contributed by atoms with E-state index in [1.807, 2.05) is 6.92 Å². The standard InChI is InChI=1S/C16H31N3/c1-14(2)18-16(4,13-17)12-15(3)19-10-8-6-5-7-9-11-19/h14-15,18H,5-12H2,1-4H3. The number of nitrogens with zero attached hydrogens (tertiary/aromatic N) is 2. The molecule has 0 bridgehead atoms. The first-order chi connectivity index (χ1) is 8.97. The number of hydrogen-bond acceptors (Lipinski definition) is 3. The monoisotopic (exact) mass is 265 g/mol. The highest BCUT2D eigenvalue weighted by atomic mass is 15.2. The summed E-state index contributed by atoms with van der Waals surface area (Å²) in [5, 5.41) is 12.9. The summed E-state index contributed by atoms with van der Waals surface area (Å²) in [6.07, 6.45) is 7.65. The van der Waals surface area contributed by atoms with Gasteiger partial charge in [-0.15, -0.1) is 0 Å². The molecular weight excluding hydrogens is 234 g/mol. The van der Waals surface area contributed by atoms with Crippen LogP contribution in [-0.2, 0) is 0 Å². The molecule has 2 unspecified atom stereocenters. The Bertz CT molecular complexity index is 287. The van der Waals surface area contributed by atoms with Crippen LogP contribution in [0.2, 0.25) is 0 Å². The normalized spacial score (nSPS) is 23.2. The quantitative estimate of drug-likeness (QED) is 0.829. The van der Waals surface area contributed by atoms with E-state index in [-0.39, 0.29) is 0 Å². The van der Waals surface area contributed by atoms with Gasteiger partial charge < -0.3 is 4.90 Å². The molecule has 3 nitrogen and oxygen atoms in total. The number of nitriles is 1. The van der Waals surface area contributed by atoms with E-state index in [1.165, 1.54) is 45.2 Å². The van der Waals surface area contributed by atoms with Crippen molar-refractivity contribution < 1.29 is 0 Å². The molecule has 0 spiro atoms. The van der Waals surface area contributed by atoms with Gasteiger partial charge in [0, 0.05) is 12.1 Å². The Kier molecular flexibility index (Phi) is 6.82. The van der Waals surface area contributed by atoms with Crippen LogP contribution in [0.4, 0.5) is 0 Å². The molecule has 0 aromatic carbocycles. The number of rotatable bonds is 5. The summed E-state index contributed by atoms with van der Waals surface area (Å²) in [5.74, 6) is 0. The fraction of sp³-hybridized carbons (Fsp3) is 0.938. The molecule has 1 aliphatic heterocycles. The highest BCUT2D eigenvalue weighted by molar-refractivity contribution is 5.06. The van der Waals surface area contributed by atoms with Crippen LogP contribution in [0.3, 0.4) is 0 Å². The first-order valence-corrected chi connectivity index (χ1v) is 7.90. The van der Waals surface area contributed by atoms with Gasteiger partial charge in [-0.1, -0.05) is 19.3 Å². The van der Waals surface area contributed by atoms with Gasteiger partial charge in [0.05, 0.1) is 6.07 Å². The summed E-state index contributed by atoms with van der Waals surface area (Å²) < 4.78 is 0. The summed E-state index contributed by atoms with van der Waals surface area (Å²) in [7, 11) is 0. The molecule has 1 N–H and O–H groups in total. The maximum Gasteiger partial charge on any atom is 0.105 e. The largest absolute Gasteiger partial charge is 0.301 e.